The highest BCUT2D eigenvalue weighted by Gasteiger charge is 2.23. The topological polar surface area (TPSA) is 71.9 Å². The summed E-state index contributed by atoms with van der Waals surface area (Å²) in [7, 11) is 2.09. The van der Waals surface area contributed by atoms with Gasteiger partial charge in [-0.3, -0.25) is 4.79 Å². The fraction of sp³-hybridized carbons (Fsp3) is 0.241. The first-order valence-corrected chi connectivity index (χ1v) is 12.6. The number of aromatic amines is 1. The number of aliphatic imine (C=N–C) groups is 1. The number of nitrogens with zero attached hydrogens (tertiary/aromatic N) is 3. The van der Waals surface area contributed by atoms with E-state index in [0.717, 1.165) is 53.9 Å². The number of aromatic nitrogens is 1. The Balaban J connectivity index is 1.58. The number of hydrogen-bond acceptors (Lipinski definition) is 4. The summed E-state index contributed by atoms with van der Waals surface area (Å²) in [6, 6.07) is 21.5. The third kappa shape index (κ3) is 4.87. The number of carbonyl (C=O) groups is 1. The molecule has 1 amide bonds. The molecule has 0 bridgehead atoms. The van der Waals surface area contributed by atoms with E-state index >= 15 is 0 Å². The molecule has 0 radical (unpaired) electrons. The van der Waals surface area contributed by atoms with Gasteiger partial charge in [0.2, 0.25) is 5.91 Å². The maximum atomic E-state index is 12.2. The van der Waals surface area contributed by atoms with Gasteiger partial charge in [-0.1, -0.05) is 48.9 Å². The van der Waals surface area contributed by atoms with E-state index in [-0.39, 0.29) is 11.8 Å². The molecule has 3 aromatic carbocycles. The van der Waals surface area contributed by atoms with E-state index in [1.165, 1.54) is 5.56 Å². The van der Waals surface area contributed by atoms with Crippen molar-refractivity contribution in [2.75, 3.05) is 25.0 Å². The molecule has 2 N–H and O–H groups in total. The van der Waals surface area contributed by atoms with Crippen molar-refractivity contribution >= 4 is 45.5 Å². The second kappa shape index (κ2) is 10.2. The first-order valence-electron chi connectivity index (χ1n) is 12.2. The summed E-state index contributed by atoms with van der Waals surface area (Å²) in [6.45, 7) is 4.72. The Hall–Kier alpha value is -3.61. The lowest BCUT2D eigenvalue weighted by atomic mass is 10.00. The summed E-state index contributed by atoms with van der Waals surface area (Å²) in [5.74, 6) is 0.183. The molecular formula is C29H29ClN4O2. The molecule has 5 rings (SSSR count). The van der Waals surface area contributed by atoms with Crippen LogP contribution in [0.4, 0.5) is 11.4 Å². The van der Waals surface area contributed by atoms with Crippen LogP contribution in [0.15, 0.2) is 71.7 Å². The number of H-pyrrole nitrogens is 1. The maximum absolute atomic E-state index is 12.2. The molecule has 184 valence electrons. The Morgan fingerprint density at radius 2 is 1.86 bits per heavy atom. The Bertz CT molecular complexity index is 1420. The number of amides is 1. The highest BCUT2D eigenvalue weighted by Crippen LogP contribution is 2.33. The lowest BCUT2D eigenvalue weighted by molar-refractivity contribution is -0.117. The van der Waals surface area contributed by atoms with Crippen LogP contribution in [0.5, 0.6) is 5.88 Å². The number of rotatable bonds is 7. The highest BCUT2D eigenvalue weighted by molar-refractivity contribution is 6.31. The first-order chi connectivity index (χ1) is 17.4. The average Bonchev–Trinajstić information content (AvgIpc) is 3.45. The van der Waals surface area contributed by atoms with Crippen molar-refractivity contribution in [1.82, 2.24) is 9.88 Å². The zero-order chi connectivity index (χ0) is 25.2. The van der Waals surface area contributed by atoms with Crippen LogP contribution in [0.25, 0.3) is 10.9 Å². The SMILES string of the molecule is CCN(C)Cc1ccc(N=C(c2ccc(N3CCCC3=O)cc2)c2c(O)[nH]c3cc(Cl)ccc23)cc1. The average molecular weight is 501 g/mol. The lowest BCUT2D eigenvalue weighted by Gasteiger charge is -2.16. The highest BCUT2D eigenvalue weighted by atomic mass is 35.5. The summed E-state index contributed by atoms with van der Waals surface area (Å²) < 4.78 is 0. The van der Waals surface area contributed by atoms with Gasteiger partial charge in [-0.2, -0.15) is 0 Å². The Labute approximate surface area is 215 Å². The van der Waals surface area contributed by atoms with E-state index in [1.807, 2.05) is 47.4 Å². The van der Waals surface area contributed by atoms with Crippen LogP contribution in [0.1, 0.15) is 36.5 Å². The molecule has 36 heavy (non-hydrogen) atoms. The number of fused-ring (bicyclic) bond motifs is 1. The zero-order valence-electron chi connectivity index (χ0n) is 20.5. The monoisotopic (exact) mass is 500 g/mol. The Morgan fingerprint density at radius 3 is 2.53 bits per heavy atom. The molecule has 6 nitrogen and oxygen atoms in total. The minimum atomic E-state index is 0.0333. The van der Waals surface area contributed by atoms with E-state index in [4.69, 9.17) is 16.6 Å². The van der Waals surface area contributed by atoms with Gasteiger partial charge in [0, 0.05) is 41.2 Å². The smallest absolute Gasteiger partial charge is 0.227 e. The van der Waals surface area contributed by atoms with Crippen molar-refractivity contribution in [3.8, 4) is 5.88 Å². The van der Waals surface area contributed by atoms with E-state index in [9.17, 15) is 9.90 Å². The molecule has 0 spiro atoms. The maximum Gasteiger partial charge on any atom is 0.227 e. The summed E-state index contributed by atoms with van der Waals surface area (Å²) in [6.07, 6.45) is 1.47. The molecule has 0 saturated carbocycles. The largest absolute Gasteiger partial charge is 0.494 e. The summed E-state index contributed by atoms with van der Waals surface area (Å²) >= 11 is 6.19. The van der Waals surface area contributed by atoms with Gasteiger partial charge in [0.25, 0.3) is 0 Å². The van der Waals surface area contributed by atoms with Crippen molar-refractivity contribution in [1.29, 1.82) is 0 Å². The van der Waals surface area contributed by atoms with Crippen LogP contribution in [0.2, 0.25) is 5.02 Å². The van der Waals surface area contributed by atoms with Gasteiger partial charge in [0.05, 0.1) is 22.5 Å². The van der Waals surface area contributed by atoms with Gasteiger partial charge in [-0.05, 0) is 62.0 Å². The van der Waals surface area contributed by atoms with Crippen LogP contribution >= 0.6 is 11.6 Å². The molecule has 0 aliphatic carbocycles. The minimum absolute atomic E-state index is 0.0333. The third-order valence-electron chi connectivity index (χ3n) is 6.67. The number of benzene rings is 3. The van der Waals surface area contributed by atoms with Crippen molar-refractivity contribution in [2.45, 2.75) is 26.3 Å². The number of halogens is 1. The summed E-state index contributed by atoms with van der Waals surface area (Å²) in [4.78, 5) is 24.3. The predicted octanol–water partition coefficient (Wildman–Crippen LogP) is 6.27. The molecule has 7 heteroatoms. The fourth-order valence-corrected chi connectivity index (χ4v) is 4.78. The molecule has 2 heterocycles. The zero-order valence-corrected chi connectivity index (χ0v) is 21.2. The van der Waals surface area contributed by atoms with Crippen molar-refractivity contribution in [3.05, 3.63) is 88.4 Å². The first kappa shape index (κ1) is 24.1. The molecule has 0 atom stereocenters. The molecule has 4 aromatic rings. The predicted molar refractivity (Wildman–Crippen MR) is 147 cm³/mol. The number of hydrogen-bond donors (Lipinski definition) is 2. The fourth-order valence-electron chi connectivity index (χ4n) is 4.61. The molecular weight excluding hydrogens is 472 g/mol. The summed E-state index contributed by atoms with van der Waals surface area (Å²) in [5.41, 5.74) is 5.70. The molecule has 1 aliphatic heterocycles. The van der Waals surface area contributed by atoms with Crippen LogP contribution in [-0.2, 0) is 11.3 Å². The second-order valence-corrected chi connectivity index (χ2v) is 9.63. The third-order valence-corrected chi connectivity index (χ3v) is 6.91. The van der Waals surface area contributed by atoms with Crippen molar-refractivity contribution < 1.29 is 9.90 Å². The van der Waals surface area contributed by atoms with Crippen LogP contribution < -0.4 is 4.90 Å². The van der Waals surface area contributed by atoms with Gasteiger partial charge in [-0.15, -0.1) is 0 Å². The molecule has 1 aliphatic rings. The van der Waals surface area contributed by atoms with E-state index in [2.05, 4.69) is 36.0 Å². The van der Waals surface area contributed by atoms with E-state index < -0.39 is 0 Å². The summed E-state index contributed by atoms with van der Waals surface area (Å²) in [5, 5.41) is 12.3. The van der Waals surface area contributed by atoms with Crippen LogP contribution in [-0.4, -0.2) is 46.7 Å². The quantitative estimate of drug-likeness (QED) is 0.293. The van der Waals surface area contributed by atoms with Gasteiger partial charge >= 0.3 is 0 Å². The lowest BCUT2D eigenvalue weighted by Crippen LogP contribution is -2.23. The standard InChI is InChI=1S/C29H29ClN4O2/c1-3-33(2)18-19-6-11-22(12-7-19)31-28(27-24-15-10-21(30)17-25(24)32-29(27)36)20-8-13-23(14-9-20)34-16-4-5-26(34)35/h6-15,17,32,36H,3-5,16,18H2,1-2H3. The number of anilines is 1. The molecule has 1 aromatic heterocycles. The Morgan fingerprint density at radius 1 is 1.11 bits per heavy atom. The number of aromatic hydroxyl groups is 1. The molecule has 0 unspecified atom stereocenters. The number of nitrogens with one attached hydrogen (secondary N) is 1. The van der Waals surface area contributed by atoms with Crippen LogP contribution in [0, 0.1) is 0 Å². The van der Waals surface area contributed by atoms with E-state index in [1.54, 1.807) is 12.1 Å². The van der Waals surface area contributed by atoms with Gasteiger partial charge in [-0.25, -0.2) is 4.99 Å². The molecule has 1 saturated heterocycles. The Kier molecular flexibility index (Phi) is 6.81. The van der Waals surface area contributed by atoms with Crippen molar-refractivity contribution in [3.63, 3.8) is 0 Å². The molecule has 1 fully saturated rings. The second-order valence-electron chi connectivity index (χ2n) is 9.19. The number of carbonyl (C=O) groups excluding carboxylic acids is 1. The normalized spacial score (nSPS) is 14.4. The minimum Gasteiger partial charge on any atom is -0.494 e. The van der Waals surface area contributed by atoms with Gasteiger partial charge in [0.15, 0.2) is 5.88 Å². The van der Waals surface area contributed by atoms with Crippen LogP contribution in [0.3, 0.4) is 0 Å². The van der Waals surface area contributed by atoms with E-state index in [0.29, 0.717) is 22.7 Å². The van der Waals surface area contributed by atoms with Crippen molar-refractivity contribution in [2.24, 2.45) is 4.99 Å². The van der Waals surface area contributed by atoms with Gasteiger partial charge < -0.3 is 19.9 Å². The van der Waals surface area contributed by atoms with Gasteiger partial charge in [0.1, 0.15) is 0 Å².